The fourth-order valence-electron chi connectivity index (χ4n) is 2.47. The first-order chi connectivity index (χ1) is 10.1. The summed E-state index contributed by atoms with van der Waals surface area (Å²) in [6.07, 6.45) is 0.839. The molecular weight excluding hydrogens is 260 g/mol. The monoisotopic (exact) mass is 284 g/mol. The van der Waals surface area contributed by atoms with Crippen molar-refractivity contribution in [3.8, 4) is 5.75 Å². The van der Waals surface area contributed by atoms with Gasteiger partial charge in [0.25, 0.3) is 0 Å². The Hall–Kier alpha value is -1.84. The Morgan fingerprint density at radius 2 is 1.57 bits per heavy atom. The van der Waals surface area contributed by atoms with Crippen LogP contribution >= 0.6 is 0 Å². The fraction of sp³-hybridized carbons (Fsp3) is 0.333. The van der Waals surface area contributed by atoms with Crippen LogP contribution in [0.2, 0.25) is 0 Å². The SMILES string of the molecule is COc1ccc(C(N)C(C)C(N)Cc2ccccc2)cc1. The Morgan fingerprint density at radius 1 is 0.952 bits per heavy atom. The molecule has 3 heteroatoms. The average Bonchev–Trinajstić information content (AvgIpc) is 2.54. The summed E-state index contributed by atoms with van der Waals surface area (Å²) in [6, 6.07) is 18.1. The molecule has 112 valence electrons. The summed E-state index contributed by atoms with van der Waals surface area (Å²) in [6.45, 7) is 2.11. The van der Waals surface area contributed by atoms with Gasteiger partial charge in [0, 0.05) is 12.1 Å². The molecule has 0 heterocycles. The molecule has 21 heavy (non-hydrogen) atoms. The Kier molecular flexibility index (Phi) is 5.37. The standard InChI is InChI=1S/C18H24N2O/c1-13(17(19)12-14-6-4-3-5-7-14)18(20)15-8-10-16(21-2)11-9-15/h3-11,13,17-18H,12,19-20H2,1-2H3. The van der Waals surface area contributed by atoms with Gasteiger partial charge < -0.3 is 16.2 Å². The number of ether oxygens (including phenoxy) is 1. The molecule has 0 aliphatic carbocycles. The molecule has 3 atom stereocenters. The predicted molar refractivity (Wildman–Crippen MR) is 87.2 cm³/mol. The van der Waals surface area contributed by atoms with Gasteiger partial charge in [0.2, 0.25) is 0 Å². The third-order valence-corrected chi connectivity index (χ3v) is 4.06. The van der Waals surface area contributed by atoms with E-state index in [-0.39, 0.29) is 18.0 Å². The summed E-state index contributed by atoms with van der Waals surface area (Å²) in [5.74, 6) is 1.03. The maximum absolute atomic E-state index is 6.36. The van der Waals surface area contributed by atoms with Gasteiger partial charge in [-0.3, -0.25) is 0 Å². The van der Waals surface area contributed by atoms with Crippen LogP contribution in [0.1, 0.15) is 24.1 Å². The number of hydrogen-bond acceptors (Lipinski definition) is 3. The van der Waals surface area contributed by atoms with E-state index in [4.69, 9.17) is 16.2 Å². The van der Waals surface area contributed by atoms with Crippen molar-refractivity contribution in [1.82, 2.24) is 0 Å². The van der Waals surface area contributed by atoms with Crippen LogP contribution in [0.4, 0.5) is 0 Å². The van der Waals surface area contributed by atoms with E-state index in [1.54, 1.807) is 7.11 Å². The number of hydrogen-bond donors (Lipinski definition) is 2. The minimum absolute atomic E-state index is 0.0319. The van der Waals surface area contributed by atoms with Gasteiger partial charge in [-0.25, -0.2) is 0 Å². The molecule has 0 bridgehead atoms. The molecule has 2 aromatic rings. The zero-order valence-electron chi connectivity index (χ0n) is 12.7. The van der Waals surface area contributed by atoms with Gasteiger partial charge in [0.1, 0.15) is 5.75 Å². The first-order valence-electron chi connectivity index (χ1n) is 7.31. The lowest BCUT2D eigenvalue weighted by Gasteiger charge is -2.26. The highest BCUT2D eigenvalue weighted by Gasteiger charge is 2.21. The second-order valence-corrected chi connectivity index (χ2v) is 5.51. The molecule has 2 rings (SSSR count). The van der Waals surface area contributed by atoms with Crippen molar-refractivity contribution < 1.29 is 4.74 Å². The highest BCUT2D eigenvalue weighted by molar-refractivity contribution is 5.29. The van der Waals surface area contributed by atoms with Crippen LogP contribution in [-0.2, 0) is 6.42 Å². The van der Waals surface area contributed by atoms with Crippen molar-refractivity contribution >= 4 is 0 Å². The molecule has 3 nitrogen and oxygen atoms in total. The molecule has 2 aromatic carbocycles. The smallest absolute Gasteiger partial charge is 0.118 e. The Labute approximate surface area is 126 Å². The van der Waals surface area contributed by atoms with Crippen molar-refractivity contribution in [2.75, 3.05) is 7.11 Å². The van der Waals surface area contributed by atoms with Gasteiger partial charge in [0.05, 0.1) is 7.11 Å². The molecule has 0 radical (unpaired) electrons. The molecular formula is C18H24N2O. The zero-order chi connectivity index (χ0) is 15.2. The van der Waals surface area contributed by atoms with Crippen molar-refractivity contribution in [1.29, 1.82) is 0 Å². The first kappa shape index (κ1) is 15.5. The van der Waals surface area contributed by atoms with Gasteiger partial charge in [-0.1, -0.05) is 49.4 Å². The van der Waals surface area contributed by atoms with E-state index in [0.717, 1.165) is 17.7 Å². The highest BCUT2D eigenvalue weighted by atomic mass is 16.5. The molecule has 3 unspecified atom stereocenters. The van der Waals surface area contributed by atoms with Gasteiger partial charge in [0.15, 0.2) is 0 Å². The average molecular weight is 284 g/mol. The quantitative estimate of drug-likeness (QED) is 0.857. The maximum atomic E-state index is 6.36. The van der Waals surface area contributed by atoms with Crippen molar-refractivity contribution in [3.05, 3.63) is 65.7 Å². The van der Waals surface area contributed by atoms with Gasteiger partial charge in [-0.05, 0) is 35.6 Å². The second kappa shape index (κ2) is 7.25. The molecule has 0 aromatic heterocycles. The second-order valence-electron chi connectivity index (χ2n) is 5.51. The summed E-state index contributed by atoms with van der Waals surface area (Å²) in [5.41, 5.74) is 15.0. The number of nitrogens with two attached hydrogens (primary N) is 2. The van der Waals surface area contributed by atoms with Crippen LogP contribution in [0.3, 0.4) is 0 Å². The third-order valence-electron chi connectivity index (χ3n) is 4.06. The summed E-state index contributed by atoms with van der Waals surface area (Å²) in [7, 11) is 1.66. The Balaban J connectivity index is 2.01. The van der Waals surface area contributed by atoms with Crippen LogP contribution in [0, 0.1) is 5.92 Å². The lowest BCUT2D eigenvalue weighted by molar-refractivity contribution is 0.381. The number of rotatable bonds is 6. The van der Waals surface area contributed by atoms with Crippen LogP contribution in [0.25, 0.3) is 0 Å². The highest BCUT2D eigenvalue weighted by Crippen LogP contribution is 2.24. The molecule has 0 aliphatic rings. The van der Waals surface area contributed by atoms with Crippen molar-refractivity contribution in [3.63, 3.8) is 0 Å². The van der Waals surface area contributed by atoms with E-state index >= 15 is 0 Å². The molecule has 0 spiro atoms. The lowest BCUT2D eigenvalue weighted by atomic mass is 9.86. The van der Waals surface area contributed by atoms with Gasteiger partial charge >= 0.3 is 0 Å². The normalized spacial score (nSPS) is 15.2. The molecule has 4 N–H and O–H groups in total. The van der Waals surface area contributed by atoms with Crippen molar-refractivity contribution in [2.45, 2.75) is 25.4 Å². The van der Waals surface area contributed by atoms with Gasteiger partial charge in [-0.15, -0.1) is 0 Å². The van der Waals surface area contributed by atoms with Crippen LogP contribution in [0.15, 0.2) is 54.6 Å². The predicted octanol–water partition coefficient (Wildman–Crippen LogP) is 2.90. The Morgan fingerprint density at radius 3 is 2.14 bits per heavy atom. The lowest BCUT2D eigenvalue weighted by Crippen LogP contribution is -2.37. The van der Waals surface area contributed by atoms with Gasteiger partial charge in [-0.2, -0.15) is 0 Å². The van der Waals surface area contributed by atoms with Crippen LogP contribution in [-0.4, -0.2) is 13.2 Å². The van der Waals surface area contributed by atoms with E-state index in [1.807, 2.05) is 42.5 Å². The molecule has 0 saturated carbocycles. The van der Waals surface area contributed by atoms with E-state index < -0.39 is 0 Å². The van der Waals surface area contributed by atoms with Crippen LogP contribution < -0.4 is 16.2 Å². The molecule has 0 aliphatic heterocycles. The maximum Gasteiger partial charge on any atom is 0.118 e. The number of benzene rings is 2. The summed E-state index contributed by atoms with van der Waals surface area (Å²) < 4.78 is 5.17. The molecule has 0 saturated heterocycles. The summed E-state index contributed by atoms with van der Waals surface area (Å²) >= 11 is 0. The largest absolute Gasteiger partial charge is 0.497 e. The fourth-order valence-corrected chi connectivity index (χ4v) is 2.47. The topological polar surface area (TPSA) is 61.3 Å². The van der Waals surface area contributed by atoms with E-state index in [0.29, 0.717) is 0 Å². The minimum Gasteiger partial charge on any atom is -0.497 e. The third kappa shape index (κ3) is 4.06. The van der Waals surface area contributed by atoms with E-state index in [2.05, 4.69) is 19.1 Å². The van der Waals surface area contributed by atoms with E-state index in [9.17, 15) is 0 Å². The first-order valence-corrected chi connectivity index (χ1v) is 7.31. The minimum atomic E-state index is -0.0744. The van der Waals surface area contributed by atoms with Crippen LogP contribution in [0.5, 0.6) is 5.75 Å². The van der Waals surface area contributed by atoms with E-state index in [1.165, 1.54) is 5.56 Å². The zero-order valence-corrected chi connectivity index (χ0v) is 12.7. The number of methoxy groups -OCH3 is 1. The Bertz CT molecular complexity index is 539. The summed E-state index contributed by atoms with van der Waals surface area (Å²) in [4.78, 5) is 0. The van der Waals surface area contributed by atoms with Crippen molar-refractivity contribution in [2.24, 2.45) is 17.4 Å². The molecule has 0 fully saturated rings. The summed E-state index contributed by atoms with van der Waals surface area (Å²) in [5, 5.41) is 0. The molecule has 0 amide bonds.